The summed E-state index contributed by atoms with van der Waals surface area (Å²) < 4.78 is 5.60. The van der Waals surface area contributed by atoms with Gasteiger partial charge in [0.1, 0.15) is 0 Å². The van der Waals surface area contributed by atoms with Crippen molar-refractivity contribution in [2.24, 2.45) is 0 Å². The second kappa shape index (κ2) is 5.46. The predicted octanol–water partition coefficient (Wildman–Crippen LogP) is 2.72. The molecule has 16 heavy (non-hydrogen) atoms. The van der Waals surface area contributed by atoms with Crippen LogP contribution in [0, 0.1) is 0 Å². The topological polar surface area (TPSA) is 29.5 Å². The smallest absolute Gasteiger partial charge is 0.0839 e. The van der Waals surface area contributed by atoms with E-state index in [1.54, 1.807) is 0 Å². The van der Waals surface area contributed by atoms with Crippen molar-refractivity contribution in [3.8, 4) is 0 Å². The first-order valence-electron chi connectivity index (χ1n) is 6.16. The van der Waals surface area contributed by atoms with Crippen LogP contribution >= 0.6 is 0 Å². The Morgan fingerprint density at radius 1 is 1.25 bits per heavy atom. The minimum Gasteiger partial charge on any atom is -0.390 e. The lowest BCUT2D eigenvalue weighted by Gasteiger charge is -2.33. The highest BCUT2D eigenvalue weighted by Gasteiger charge is 2.30. The van der Waals surface area contributed by atoms with E-state index in [1.807, 2.05) is 13.0 Å². The van der Waals surface area contributed by atoms with E-state index in [0.717, 1.165) is 19.3 Å². The minimum atomic E-state index is -0.278. The molecule has 0 heterocycles. The Morgan fingerprint density at radius 2 is 2.00 bits per heavy atom. The molecule has 1 aromatic carbocycles. The maximum atomic E-state index is 9.84. The molecule has 0 aliphatic heterocycles. The lowest BCUT2D eigenvalue weighted by atomic mass is 9.81. The number of aliphatic hydroxyl groups is 1. The van der Waals surface area contributed by atoms with Gasteiger partial charge in [0.05, 0.1) is 12.2 Å². The Morgan fingerprint density at radius 3 is 2.69 bits per heavy atom. The van der Waals surface area contributed by atoms with Crippen molar-refractivity contribution in [3.05, 3.63) is 35.9 Å². The third-order valence-electron chi connectivity index (χ3n) is 3.41. The number of hydrogen-bond donors (Lipinski definition) is 1. The summed E-state index contributed by atoms with van der Waals surface area (Å²) in [6, 6.07) is 10.5. The summed E-state index contributed by atoms with van der Waals surface area (Å²) in [5.41, 5.74) is 1.37. The first-order chi connectivity index (χ1) is 7.81. The van der Waals surface area contributed by atoms with Gasteiger partial charge in [0.25, 0.3) is 0 Å². The molecule has 0 radical (unpaired) electrons. The largest absolute Gasteiger partial charge is 0.390 e. The van der Waals surface area contributed by atoms with Gasteiger partial charge in [0, 0.05) is 6.61 Å². The molecule has 88 valence electrons. The Bertz CT molecular complexity index is 310. The van der Waals surface area contributed by atoms with Crippen molar-refractivity contribution in [1.82, 2.24) is 0 Å². The van der Waals surface area contributed by atoms with Crippen LogP contribution in [-0.4, -0.2) is 23.9 Å². The summed E-state index contributed by atoms with van der Waals surface area (Å²) in [7, 11) is 0. The SMILES string of the molecule is CCOC1CC(c2ccccc2)CCC1O. The van der Waals surface area contributed by atoms with Crippen LogP contribution in [0.5, 0.6) is 0 Å². The highest BCUT2D eigenvalue weighted by Crippen LogP contribution is 2.34. The monoisotopic (exact) mass is 220 g/mol. The molecule has 1 aliphatic rings. The Balaban J connectivity index is 2.03. The second-order valence-corrected chi connectivity index (χ2v) is 4.48. The summed E-state index contributed by atoms with van der Waals surface area (Å²) in [5, 5.41) is 9.84. The van der Waals surface area contributed by atoms with Crippen LogP contribution in [-0.2, 0) is 4.74 Å². The van der Waals surface area contributed by atoms with Crippen LogP contribution < -0.4 is 0 Å². The molecule has 0 aromatic heterocycles. The zero-order valence-electron chi connectivity index (χ0n) is 9.80. The van der Waals surface area contributed by atoms with Crippen LogP contribution in [0.4, 0.5) is 0 Å². The molecular weight excluding hydrogens is 200 g/mol. The van der Waals surface area contributed by atoms with E-state index in [2.05, 4.69) is 24.3 Å². The maximum Gasteiger partial charge on any atom is 0.0839 e. The van der Waals surface area contributed by atoms with E-state index in [4.69, 9.17) is 4.74 Å². The van der Waals surface area contributed by atoms with E-state index in [9.17, 15) is 5.11 Å². The van der Waals surface area contributed by atoms with E-state index < -0.39 is 0 Å². The molecule has 1 aliphatic carbocycles. The number of rotatable bonds is 3. The van der Waals surface area contributed by atoms with Crippen LogP contribution in [0.2, 0.25) is 0 Å². The van der Waals surface area contributed by atoms with E-state index in [-0.39, 0.29) is 12.2 Å². The molecule has 2 nitrogen and oxygen atoms in total. The third kappa shape index (κ3) is 2.63. The fourth-order valence-corrected chi connectivity index (χ4v) is 2.53. The predicted molar refractivity (Wildman–Crippen MR) is 64.5 cm³/mol. The maximum absolute atomic E-state index is 9.84. The Hall–Kier alpha value is -0.860. The Labute approximate surface area is 97.3 Å². The molecule has 0 amide bonds. The third-order valence-corrected chi connectivity index (χ3v) is 3.41. The van der Waals surface area contributed by atoms with E-state index in [0.29, 0.717) is 12.5 Å². The van der Waals surface area contributed by atoms with E-state index in [1.165, 1.54) is 5.56 Å². The van der Waals surface area contributed by atoms with Crippen molar-refractivity contribution in [3.63, 3.8) is 0 Å². The molecule has 1 saturated carbocycles. The highest BCUT2D eigenvalue weighted by molar-refractivity contribution is 5.20. The normalized spacial score (nSPS) is 30.2. The summed E-state index contributed by atoms with van der Waals surface area (Å²) in [4.78, 5) is 0. The standard InChI is InChI=1S/C14H20O2/c1-2-16-14-10-12(8-9-13(14)15)11-6-4-3-5-7-11/h3-7,12-15H,2,8-10H2,1H3. The fourth-order valence-electron chi connectivity index (χ4n) is 2.53. The van der Waals surface area contributed by atoms with Gasteiger partial charge in [-0.3, -0.25) is 0 Å². The summed E-state index contributed by atoms with van der Waals surface area (Å²) in [5.74, 6) is 0.543. The molecule has 0 spiro atoms. The lowest BCUT2D eigenvalue weighted by Crippen LogP contribution is -2.35. The van der Waals surface area contributed by atoms with Gasteiger partial charge in [-0.25, -0.2) is 0 Å². The lowest BCUT2D eigenvalue weighted by molar-refractivity contribution is -0.0591. The number of aliphatic hydroxyl groups excluding tert-OH is 1. The summed E-state index contributed by atoms with van der Waals surface area (Å²) in [6.45, 7) is 2.67. The average Bonchev–Trinajstić information content (AvgIpc) is 2.33. The van der Waals surface area contributed by atoms with Gasteiger partial charge in [-0.05, 0) is 37.7 Å². The molecule has 0 saturated heterocycles. The van der Waals surface area contributed by atoms with Crippen molar-refractivity contribution in [2.45, 2.75) is 44.3 Å². The molecule has 2 rings (SSSR count). The van der Waals surface area contributed by atoms with Gasteiger partial charge >= 0.3 is 0 Å². The molecule has 3 atom stereocenters. The van der Waals surface area contributed by atoms with Crippen molar-refractivity contribution < 1.29 is 9.84 Å². The van der Waals surface area contributed by atoms with Crippen molar-refractivity contribution in [1.29, 1.82) is 0 Å². The quantitative estimate of drug-likeness (QED) is 0.848. The Kier molecular flexibility index (Phi) is 3.97. The van der Waals surface area contributed by atoms with Gasteiger partial charge in [-0.1, -0.05) is 30.3 Å². The first-order valence-corrected chi connectivity index (χ1v) is 6.16. The van der Waals surface area contributed by atoms with Crippen LogP contribution in [0.15, 0.2) is 30.3 Å². The molecule has 3 unspecified atom stereocenters. The zero-order valence-corrected chi connectivity index (χ0v) is 9.80. The number of benzene rings is 1. The summed E-state index contributed by atoms with van der Waals surface area (Å²) >= 11 is 0. The molecule has 1 fully saturated rings. The van der Waals surface area contributed by atoms with Crippen molar-refractivity contribution >= 4 is 0 Å². The van der Waals surface area contributed by atoms with Gasteiger partial charge < -0.3 is 9.84 Å². The van der Waals surface area contributed by atoms with Crippen LogP contribution in [0.25, 0.3) is 0 Å². The minimum absolute atomic E-state index is 0.0176. The molecule has 2 heteroatoms. The van der Waals surface area contributed by atoms with Crippen molar-refractivity contribution in [2.75, 3.05) is 6.61 Å². The number of ether oxygens (including phenoxy) is 1. The fraction of sp³-hybridized carbons (Fsp3) is 0.571. The zero-order chi connectivity index (χ0) is 11.4. The average molecular weight is 220 g/mol. The van der Waals surface area contributed by atoms with Gasteiger partial charge in [-0.15, -0.1) is 0 Å². The van der Waals surface area contributed by atoms with Crippen LogP contribution in [0.1, 0.15) is 37.7 Å². The van der Waals surface area contributed by atoms with Gasteiger partial charge in [0.15, 0.2) is 0 Å². The first kappa shape index (κ1) is 11.6. The molecule has 1 N–H and O–H groups in total. The van der Waals surface area contributed by atoms with E-state index >= 15 is 0 Å². The van der Waals surface area contributed by atoms with Gasteiger partial charge in [0.2, 0.25) is 0 Å². The molecule has 1 aromatic rings. The summed E-state index contributed by atoms with van der Waals surface area (Å²) in [6.07, 6.45) is 2.60. The number of hydrogen-bond acceptors (Lipinski definition) is 2. The molecule has 0 bridgehead atoms. The highest BCUT2D eigenvalue weighted by atomic mass is 16.5. The molecular formula is C14H20O2. The second-order valence-electron chi connectivity index (χ2n) is 4.48. The van der Waals surface area contributed by atoms with Gasteiger partial charge in [-0.2, -0.15) is 0 Å². The van der Waals surface area contributed by atoms with Crippen LogP contribution in [0.3, 0.4) is 0 Å².